The average Bonchev–Trinajstić information content (AvgIpc) is 2.11. The first-order chi connectivity index (χ1) is 5.63. The molecule has 0 fully saturated rings. The highest BCUT2D eigenvalue weighted by atomic mass is 16.2. The summed E-state index contributed by atoms with van der Waals surface area (Å²) in [5.41, 5.74) is 0. The zero-order valence-corrected chi connectivity index (χ0v) is 8.34. The fourth-order valence-corrected chi connectivity index (χ4v) is 1.05. The first kappa shape index (κ1) is 11.2. The average molecular weight is 169 g/mol. The van der Waals surface area contributed by atoms with Gasteiger partial charge >= 0.3 is 0 Å². The Balaban J connectivity index is 3.83. The van der Waals surface area contributed by atoms with E-state index in [-0.39, 0.29) is 5.91 Å². The van der Waals surface area contributed by atoms with Crippen LogP contribution in [0.25, 0.3) is 0 Å². The highest BCUT2D eigenvalue weighted by Crippen LogP contribution is 2.06. The van der Waals surface area contributed by atoms with Gasteiger partial charge in [0.15, 0.2) is 0 Å². The van der Waals surface area contributed by atoms with Crippen LogP contribution in [0.4, 0.5) is 0 Å². The van der Waals surface area contributed by atoms with E-state index >= 15 is 0 Å². The Morgan fingerprint density at radius 3 is 2.67 bits per heavy atom. The molecule has 0 radical (unpaired) electrons. The third-order valence-corrected chi connectivity index (χ3v) is 2.16. The Morgan fingerprint density at radius 1 is 1.67 bits per heavy atom. The topological polar surface area (TPSA) is 20.3 Å². The van der Waals surface area contributed by atoms with Gasteiger partial charge in [-0.05, 0) is 19.4 Å². The molecule has 1 atom stereocenters. The molecule has 1 amide bonds. The van der Waals surface area contributed by atoms with E-state index in [1.165, 1.54) is 18.9 Å². The summed E-state index contributed by atoms with van der Waals surface area (Å²) in [6.07, 6.45) is 4.80. The Hall–Kier alpha value is -0.790. The van der Waals surface area contributed by atoms with Crippen LogP contribution in [0.2, 0.25) is 0 Å². The van der Waals surface area contributed by atoms with Gasteiger partial charge in [-0.2, -0.15) is 0 Å². The molecular formula is C10H19NO. The van der Waals surface area contributed by atoms with Crippen LogP contribution >= 0.6 is 0 Å². The fourth-order valence-electron chi connectivity index (χ4n) is 1.05. The third-order valence-electron chi connectivity index (χ3n) is 2.16. The van der Waals surface area contributed by atoms with Crippen molar-refractivity contribution in [3.63, 3.8) is 0 Å². The summed E-state index contributed by atoms with van der Waals surface area (Å²) in [5.74, 6) is 0.0126. The van der Waals surface area contributed by atoms with Crippen molar-refractivity contribution in [2.24, 2.45) is 0 Å². The molecular weight excluding hydrogens is 150 g/mol. The van der Waals surface area contributed by atoms with Crippen LogP contribution < -0.4 is 0 Å². The minimum absolute atomic E-state index is 0.0126. The summed E-state index contributed by atoms with van der Waals surface area (Å²) < 4.78 is 0. The lowest BCUT2D eigenvalue weighted by Gasteiger charge is -2.23. The molecule has 70 valence electrons. The van der Waals surface area contributed by atoms with Crippen LogP contribution in [0, 0.1) is 0 Å². The van der Waals surface area contributed by atoms with E-state index in [0.29, 0.717) is 6.04 Å². The summed E-state index contributed by atoms with van der Waals surface area (Å²) in [5, 5.41) is 0. The zero-order valence-electron chi connectivity index (χ0n) is 8.34. The van der Waals surface area contributed by atoms with E-state index in [2.05, 4.69) is 20.4 Å². The second-order valence-corrected chi connectivity index (χ2v) is 3.14. The van der Waals surface area contributed by atoms with Gasteiger partial charge in [0, 0.05) is 13.1 Å². The van der Waals surface area contributed by atoms with Crippen molar-refractivity contribution >= 4 is 5.91 Å². The number of carbonyl (C=O) groups is 1. The number of nitrogens with zero attached hydrogens (tertiary/aromatic N) is 1. The van der Waals surface area contributed by atoms with Crippen molar-refractivity contribution in [2.45, 2.75) is 39.2 Å². The first-order valence-corrected chi connectivity index (χ1v) is 4.52. The smallest absolute Gasteiger partial charge is 0.245 e. The number of likely N-dealkylation sites (N-methyl/N-ethyl adjacent to an activating group) is 1. The Morgan fingerprint density at radius 2 is 2.25 bits per heavy atom. The molecule has 0 aromatic rings. The molecule has 0 rings (SSSR count). The minimum Gasteiger partial charge on any atom is -0.340 e. The van der Waals surface area contributed by atoms with Crippen LogP contribution in [-0.2, 0) is 4.79 Å². The number of hydrogen-bond acceptors (Lipinski definition) is 1. The molecule has 0 aromatic heterocycles. The molecule has 0 bridgehead atoms. The van der Waals surface area contributed by atoms with Crippen LogP contribution in [-0.4, -0.2) is 23.9 Å². The van der Waals surface area contributed by atoms with Crippen molar-refractivity contribution < 1.29 is 4.79 Å². The van der Waals surface area contributed by atoms with Crippen LogP contribution in [0.3, 0.4) is 0 Å². The lowest BCUT2D eigenvalue weighted by atomic mass is 10.1. The van der Waals surface area contributed by atoms with E-state index < -0.39 is 0 Å². The van der Waals surface area contributed by atoms with E-state index in [4.69, 9.17) is 0 Å². The summed E-state index contributed by atoms with van der Waals surface area (Å²) in [6.45, 7) is 7.67. The Bertz CT molecular complexity index is 154. The summed E-state index contributed by atoms with van der Waals surface area (Å²) in [6, 6.07) is 0.329. The number of hydrogen-bond donors (Lipinski definition) is 0. The van der Waals surface area contributed by atoms with Crippen molar-refractivity contribution in [1.82, 2.24) is 4.90 Å². The molecule has 0 aliphatic rings. The monoisotopic (exact) mass is 169 g/mol. The highest BCUT2D eigenvalue weighted by molar-refractivity contribution is 5.86. The molecule has 0 spiro atoms. The maximum Gasteiger partial charge on any atom is 0.245 e. The van der Waals surface area contributed by atoms with Gasteiger partial charge < -0.3 is 4.90 Å². The molecule has 1 unspecified atom stereocenters. The number of amides is 1. The molecule has 2 nitrogen and oxygen atoms in total. The number of rotatable bonds is 5. The molecule has 2 heteroatoms. The lowest BCUT2D eigenvalue weighted by Crippen LogP contribution is -2.33. The van der Waals surface area contributed by atoms with Gasteiger partial charge in [-0.3, -0.25) is 4.79 Å². The van der Waals surface area contributed by atoms with Crippen molar-refractivity contribution in [3.8, 4) is 0 Å². The zero-order chi connectivity index (χ0) is 9.56. The van der Waals surface area contributed by atoms with E-state index in [1.807, 2.05) is 7.05 Å². The van der Waals surface area contributed by atoms with Crippen molar-refractivity contribution in [3.05, 3.63) is 12.7 Å². The lowest BCUT2D eigenvalue weighted by molar-refractivity contribution is -0.126. The SMILES string of the molecule is C=CC(=O)N(C)C(C)CCCC. The van der Waals surface area contributed by atoms with Gasteiger partial charge in [0.25, 0.3) is 0 Å². The quantitative estimate of drug-likeness (QED) is 0.578. The normalized spacial score (nSPS) is 12.2. The summed E-state index contributed by atoms with van der Waals surface area (Å²) in [4.78, 5) is 12.9. The standard InChI is InChI=1S/C10H19NO/c1-5-7-8-9(3)11(4)10(12)6-2/h6,9H,2,5,7-8H2,1,3-4H3. The maximum absolute atomic E-state index is 11.1. The van der Waals surface area contributed by atoms with Crippen molar-refractivity contribution in [2.75, 3.05) is 7.05 Å². The third kappa shape index (κ3) is 3.56. The first-order valence-electron chi connectivity index (χ1n) is 4.52. The van der Waals surface area contributed by atoms with Crippen molar-refractivity contribution in [1.29, 1.82) is 0 Å². The van der Waals surface area contributed by atoms with Gasteiger partial charge in [-0.25, -0.2) is 0 Å². The molecule has 0 saturated carbocycles. The van der Waals surface area contributed by atoms with Gasteiger partial charge in [-0.1, -0.05) is 26.3 Å². The number of unbranched alkanes of at least 4 members (excludes halogenated alkanes) is 1. The Kier molecular flexibility index (Phi) is 5.43. The molecule has 12 heavy (non-hydrogen) atoms. The van der Waals surface area contributed by atoms with Gasteiger partial charge in [-0.15, -0.1) is 0 Å². The maximum atomic E-state index is 11.1. The Labute approximate surface area is 75.3 Å². The summed E-state index contributed by atoms with van der Waals surface area (Å²) in [7, 11) is 1.82. The van der Waals surface area contributed by atoms with Gasteiger partial charge in [0.1, 0.15) is 0 Å². The van der Waals surface area contributed by atoms with Crippen LogP contribution in [0.15, 0.2) is 12.7 Å². The second-order valence-electron chi connectivity index (χ2n) is 3.14. The van der Waals surface area contributed by atoms with E-state index in [1.54, 1.807) is 4.90 Å². The molecule has 0 aromatic carbocycles. The molecule has 0 aliphatic carbocycles. The minimum atomic E-state index is 0.0126. The van der Waals surface area contributed by atoms with Gasteiger partial charge in [0.05, 0.1) is 0 Å². The van der Waals surface area contributed by atoms with Crippen LogP contribution in [0.1, 0.15) is 33.1 Å². The van der Waals surface area contributed by atoms with Gasteiger partial charge in [0.2, 0.25) is 5.91 Å². The fraction of sp³-hybridized carbons (Fsp3) is 0.700. The highest BCUT2D eigenvalue weighted by Gasteiger charge is 2.11. The predicted molar refractivity (Wildman–Crippen MR) is 52.0 cm³/mol. The summed E-state index contributed by atoms with van der Waals surface area (Å²) >= 11 is 0. The van der Waals surface area contributed by atoms with E-state index in [0.717, 1.165) is 6.42 Å². The molecule has 0 N–H and O–H groups in total. The largest absolute Gasteiger partial charge is 0.340 e. The predicted octanol–water partition coefficient (Wildman–Crippen LogP) is 2.21. The number of carbonyl (C=O) groups excluding carboxylic acids is 1. The van der Waals surface area contributed by atoms with Crippen LogP contribution in [0.5, 0.6) is 0 Å². The molecule has 0 aliphatic heterocycles. The second kappa shape index (κ2) is 5.81. The molecule has 0 saturated heterocycles. The molecule has 0 heterocycles. The van der Waals surface area contributed by atoms with E-state index in [9.17, 15) is 4.79 Å².